The molecule has 8 amide bonds. The van der Waals surface area contributed by atoms with Gasteiger partial charge in [0.05, 0.1) is 19.7 Å². The Morgan fingerprint density at radius 3 is 1.75 bits per heavy atom. The lowest BCUT2D eigenvalue weighted by molar-refractivity contribution is -0.192. The first-order valence-corrected chi connectivity index (χ1v) is 22.7. The van der Waals surface area contributed by atoms with Crippen LogP contribution in [0.15, 0.2) is 4.99 Å². The van der Waals surface area contributed by atoms with E-state index in [1.54, 1.807) is 6.26 Å². The lowest BCUT2D eigenvalue weighted by Crippen LogP contribution is -2.59. The van der Waals surface area contributed by atoms with Gasteiger partial charge < -0.3 is 79.3 Å². The summed E-state index contributed by atoms with van der Waals surface area (Å²) in [4.78, 5) is 143. The number of likely N-dealkylation sites (tertiary alicyclic amines) is 2. The summed E-state index contributed by atoms with van der Waals surface area (Å²) in [5, 5.41) is 50.4. The molecular formula is C38H61F3N12O15S. The maximum atomic E-state index is 13.8. The molecule has 0 saturated carbocycles. The quantitative estimate of drug-likeness (QED) is 0.0219. The van der Waals surface area contributed by atoms with Crippen LogP contribution in [-0.4, -0.2) is 201 Å². The number of amides is 8. The van der Waals surface area contributed by atoms with Crippen LogP contribution >= 0.6 is 11.8 Å². The summed E-state index contributed by atoms with van der Waals surface area (Å²) in [6.07, 6.45) is -2.72. The summed E-state index contributed by atoms with van der Waals surface area (Å²) in [7, 11) is 0. The van der Waals surface area contributed by atoms with Gasteiger partial charge in [0.25, 0.3) is 0 Å². The number of guanidine groups is 1. The first kappa shape index (κ1) is 60.5. The van der Waals surface area contributed by atoms with Crippen molar-refractivity contribution in [2.45, 2.75) is 113 Å². The fraction of sp³-hybridized carbons (Fsp3) is 0.684. The van der Waals surface area contributed by atoms with Gasteiger partial charge in [0.1, 0.15) is 42.3 Å². The second-order valence-corrected chi connectivity index (χ2v) is 16.4. The Labute approximate surface area is 397 Å². The average Bonchev–Trinajstić information content (AvgIpc) is 3.99. The number of aliphatic imine (C=N–C) groups is 1. The summed E-state index contributed by atoms with van der Waals surface area (Å²) >= 11 is 1.39. The van der Waals surface area contributed by atoms with E-state index in [9.17, 15) is 71.3 Å². The zero-order chi connectivity index (χ0) is 52.6. The number of nitrogens with one attached hydrogen (secondary N) is 6. The largest absolute Gasteiger partial charge is 0.490 e. The number of rotatable bonds is 26. The number of nitrogens with zero attached hydrogens (tertiary/aromatic N) is 3. The molecule has 27 nitrogen and oxygen atoms in total. The number of hydrogen-bond acceptors (Lipinski definition) is 15. The van der Waals surface area contributed by atoms with Crippen LogP contribution in [0.2, 0.25) is 0 Å². The van der Waals surface area contributed by atoms with Crippen LogP contribution in [-0.2, 0) is 52.7 Å². The molecule has 2 aliphatic rings. The Morgan fingerprint density at radius 2 is 1.28 bits per heavy atom. The number of aliphatic hydroxyl groups is 1. The van der Waals surface area contributed by atoms with Gasteiger partial charge in [-0.05, 0) is 70.3 Å². The van der Waals surface area contributed by atoms with E-state index in [1.165, 1.54) is 23.6 Å². The van der Waals surface area contributed by atoms with Gasteiger partial charge in [-0.15, -0.1) is 0 Å². The molecule has 390 valence electrons. The van der Waals surface area contributed by atoms with Crippen LogP contribution in [0.25, 0.3) is 0 Å². The SMILES string of the molecule is CSCC[C@H](NC(=O)[C@H](C)NC(=O)[C@@H]1CCCN1C(=O)[C@H](CO)NC(=O)[C@H](CCCN=C(N)N)NC(=O)CNC(=O)CN)C(=O)N1CCC[C@H]1C(=O)N[C@@H](CCC(=O)O)C(=O)O.O=C(O)C(F)(F)F. The van der Waals surface area contributed by atoms with Crippen molar-refractivity contribution in [3.63, 3.8) is 0 Å². The predicted molar refractivity (Wildman–Crippen MR) is 235 cm³/mol. The molecule has 2 heterocycles. The molecule has 16 N–H and O–H groups in total. The fourth-order valence-corrected chi connectivity index (χ4v) is 7.16. The van der Waals surface area contributed by atoms with Crippen LogP contribution in [0.3, 0.4) is 0 Å². The summed E-state index contributed by atoms with van der Waals surface area (Å²) in [5.74, 6) is -11.2. The average molecular weight is 1020 g/mol. The molecule has 0 aromatic rings. The molecule has 0 radical (unpaired) electrons. The first-order valence-electron chi connectivity index (χ1n) is 21.3. The second kappa shape index (κ2) is 30.1. The summed E-state index contributed by atoms with van der Waals surface area (Å²) in [6.45, 7) is -0.111. The van der Waals surface area contributed by atoms with E-state index in [4.69, 9.17) is 32.2 Å². The van der Waals surface area contributed by atoms with E-state index in [2.05, 4.69) is 36.9 Å². The van der Waals surface area contributed by atoms with Gasteiger partial charge in [0, 0.05) is 26.1 Å². The summed E-state index contributed by atoms with van der Waals surface area (Å²) in [6, 6.07) is -8.88. The van der Waals surface area contributed by atoms with Gasteiger partial charge in [0.2, 0.25) is 47.3 Å². The summed E-state index contributed by atoms with van der Waals surface area (Å²) in [5.41, 5.74) is 15.9. The van der Waals surface area contributed by atoms with Gasteiger partial charge in [-0.2, -0.15) is 24.9 Å². The zero-order valence-corrected chi connectivity index (χ0v) is 38.6. The highest BCUT2D eigenvalue weighted by Gasteiger charge is 2.42. The number of alkyl halides is 3. The number of carboxylic acids is 3. The van der Waals surface area contributed by atoms with Crippen LogP contribution in [0.4, 0.5) is 13.2 Å². The van der Waals surface area contributed by atoms with Crippen molar-refractivity contribution < 1.29 is 86.3 Å². The predicted octanol–water partition coefficient (Wildman–Crippen LogP) is -5.13. The van der Waals surface area contributed by atoms with E-state index in [-0.39, 0.29) is 70.7 Å². The molecule has 2 rings (SSSR count). The molecule has 0 spiro atoms. The Morgan fingerprint density at radius 1 is 0.739 bits per heavy atom. The van der Waals surface area contributed by atoms with Crippen molar-refractivity contribution in [2.24, 2.45) is 22.2 Å². The maximum absolute atomic E-state index is 13.8. The molecule has 0 aromatic carbocycles. The lowest BCUT2D eigenvalue weighted by Gasteiger charge is -2.31. The number of nitrogens with two attached hydrogens (primary N) is 3. The Kier molecular flexibility index (Phi) is 26.4. The molecule has 0 aromatic heterocycles. The molecule has 0 unspecified atom stereocenters. The van der Waals surface area contributed by atoms with Gasteiger partial charge in [0.15, 0.2) is 5.96 Å². The molecule has 2 fully saturated rings. The van der Waals surface area contributed by atoms with E-state index in [0.717, 1.165) is 4.90 Å². The van der Waals surface area contributed by atoms with Crippen LogP contribution in [0, 0.1) is 0 Å². The van der Waals surface area contributed by atoms with Crippen molar-refractivity contribution >= 4 is 82.9 Å². The topological polar surface area (TPSA) is 438 Å². The molecular weight excluding hydrogens is 954 g/mol. The number of carboxylic acid groups (broad SMARTS) is 3. The van der Waals surface area contributed by atoms with Crippen LogP contribution in [0.5, 0.6) is 0 Å². The minimum Gasteiger partial charge on any atom is -0.481 e. The lowest BCUT2D eigenvalue weighted by atomic mass is 10.1. The molecule has 0 bridgehead atoms. The number of aliphatic hydroxyl groups excluding tert-OH is 1. The van der Waals surface area contributed by atoms with E-state index >= 15 is 0 Å². The number of halogens is 3. The van der Waals surface area contributed by atoms with E-state index < -0.39 is 133 Å². The van der Waals surface area contributed by atoms with Crippen LogP contribution < -0.4 is 49.1 Å². The minimum absolute atomic E-state index is 0.0126. The minimum atomic E-state index is -5.08. The monoisotopic (exact) mass is 1010 g/mol. The highest BCUT2D eigenvalue weighted by Crippen LogP contribution is 2.22. The standard InChI is InChI=1S/C36H60N12O13S.C2HF3O2/c1-19(29(54)44-21(11-15-62-2)33(58)47-13-5-8-25(47)32(57)45-22(35(60)61)9-10-28(52)53)42-31(56)24-7-4-14-48(24)34(59)23(18-49)46-30(55)20(6-3-12-40-36(38)39)43-27(51)17-41-26(50)16-37;3-2(4,5)1(6)7/h19-25,49H,3-18,37H2,1-2H3,(H,41,50)(H,42,56)(H,43,51)(H,44,54)(H,45,57)(H,46,55)(H,52,53)(H,60,61)(H4,38,39,40);(H,6,7)/t19-,20-,21-,22-,23-,24-,25-;/m0./s1. The third kappa shape index (κ3) is 21.6. The number of hydrogen-bond donors (Lipinski definition) is 13. The van der Waals surface area contributed by atoms with Gasteiger partial charge in [-0.1, -0.05) is 0 Å². The summed E-state index contributed by atoms with van der Waals surface area (Å²) < 4.78 is 31.7. The molecule has 0 aliphatic carbocycles. The zero-order valence-electron chi connectivity index (χ0n) is 37.8. The highest BCUT2D eigenvalue weighted by atomic mass is 32.2. The van der Waals surface area contributed by atoms with Gasteiger partial charge in [-0.3, -0.25) is 48.1 Å². The molecule has 69 heavy (non-hydrogen) atoms. The number of aliphatic carboxylic acids is 3. The molecule has 31 heteroatoms. The van der Waals surface area contributed by atoms with E-state index in [1.807, 2.05) is 0 Å². The Bertz CT molecular complexity index is 1880. The Balaban J connectivity index is 0.00000314. The molecule has 7 atom stereocenters. The third-order valence-electron chi connectivity index (χ3n) is 10.2. The van der Waals surface area contributed by atoms with Crippen molar-refractivity contribution in [1.29, 1.82) is 0 Å². The van der Waals surface area contributed by atoms with Crippen molar-refractivity contribution in [1.82, 2.24) is 41.7 Å². The van der Waals surface area contributed by atoms with Crippen LogP contribution in [0.1, 0.15) is 64.7 Å². The highest BCUT2D eigenvalue weighted by molar-refractivity contribution is 7.98. The van der Waals surface area contributed by atoms with Crippen molar-refractivity contribution in [3.8, 4) is 0 Å². The smallest absolute Gasteiger partial charge is 0.481 e. The van der Waals surface area contributed by atoms with E-state index in [0.29, 0.717) is 18.6 Å². The Hall–Kier alpha value is -6.50. The second-order valence-electron chi connectivity index (χ2n) is 15.4. The van der Waals surface area contributed by atoms with Crippen molar-refractivity contribution in [3.05, 3.63) is 0 Å². The molecule has 2 aliphatic heterocycles. The first-order chi connectivity index (χ1) is 32.3. The fourth-order valence-electron chi connectivity index (χ4n) is 6.69. The third-order valence-corrected chi connectivity index (χ3v) is 10.8. The number of thioether (sulfide) groups is 1. The van der Waals surface area contributed by atoms with Crippen molar-refractivity contribution in [2.75, 3.05) is 51.3 Å². The molecule has 2 saturated heterocycles. The maximum Gasteiger partial charge on any atom is 0.490 e. The normalized spacial score (nSPS) is 17.5. The number of carbonyl (C=O) groups excluding carboxylic acids is 8. The van der Waals surface area contributed by atoms with Gasteiger partial charge >= 0.3 is 24.1 Å². The van der Waals surface area contributed by atoms with Gasteiger partial charge in [-0.25, -0.2) is 9.59 Å². The number of carbonyl (C=O) groups is 11.